The predicted molar refractivity (Wildman–Crippen MR) is 40.4 cm³/mol. The van der Waals surface area contributed by atoms with Crippen LogP contribution in [0.1, 0.15) is 12.8 Å². The number of Topliss-reactive ketones (excluding diaryl/α,β-unsaturated/α-hetero) is 1. The highest BCUT2D eigenvalue weighted by molar-refractivity contribution is 5.90. The Bertz CT molecular complexity index is 262. The van der Waals surface area contributed by atoms with E-state index >= 15 is 0 Å². The van der Waals surface area contributed by atoms with E-state index in [1.807, 2.05) is 0 Å². The zero-order valence-corrected chi connectivity index (χ0v) is 6.77. The molecule has 13 heavy (non-hydrogen) atoms. The van der Waals surface area contributed by atoms with Gasteiger partial charge in [0.25, 0.3) is 0 Å². The molecule has 0 saturated carbocycles. The smallest absolute Gasteiger partial charge is 0.408 e. The Balaban J connectivity index is 2.77. The van der Waals surface area contributed by atoms with Crippen molar-refractivity contribution in [1.82, 2.24) is 4.90 Å². The average molecular weight is 187 g/mol. The van der Waals surface area contributed by atoms with Crippen LogP contribution in [0.5, 0.6) is 0 Å². The third-order valence-electron chi connectivity index (χ3n) is 1.96. The minimum absolute atomic E-state index is 0.0227. The first-order valence-corrected chi connectivity index (χ1v) is 3.76. The number of amides is 1. The molecular formula is C7H9NO5. The van der Waals surface area contributed by atoms with Crippen LogP contribution in [0.3, 0.4) is 0 Å². The van der Waals surface area contributed by atoms with Gasteiger partial charge in [-0.05, 0) is 0 Å². The van der Waals surface area contributed by atoms with Gasteiger partial charge in [-0.25, -0.2) is 9.59 Å². The van der Waals surface area contributed by atoms with Crippen molar-refractivity contribution in [2.24, 2.45) is 0 Å². The van der Waals surface area contributed by atoms with E-state index < -0.39 is 18.1 Å². The molecule has 1 aliphatic rings. The first kappa shape index (κ1) is 9.50. The van der Waals surface area contributed by atoms with Crippen LogP contribution in [-0.2, 0) is 9.59 Å². The maximum atomic E-state index is 10.9. The summed E-state index contributed by atoms with van der Waals surface area (Å²) >= 11 is 0. The molecule has 1 unspecified atom stereocenters. The molecule has 1 fully saturated rings. The van der Waals surface area contributed by atoms with Crippen molar-refractivity contribution in [3.8, 4) is 0 Å². The van der Waals surface area contributed by atoms with Gasteiger partial charge < -0.3 is 10.2 Å². The molecule has 2 N–H and O–H groups in total. The number of nitrogens with zero attached hydrogens (tertiary/aromatic N) is 1. The first-order chi connectivity index (χ1) is 6.02. The second kappa shape index (κ2) is 3.42. The Labute approximate surface area is 73.8 Å². The van der Waals surface area contributed by atoms with Crippen LogP contribution >= 0.6 is 0 Å². The van der Waals surface area contributed by atoms with Crippen molar-refractivity contribution in [2.75, 3.05) is 6.54 Å². The molecule has 0 bridgehead atoms. The molecule has 0 aromatic carbocycles. The highest BCUT2D eigenvalue weighted by Crippen LogP contribution is 2.14. The molecule has 1 heterocycles. The fourth-order valence-corrected chi connectivity index (χ4v) is 1.28. The zero-order valence-electron chi connectivity index (χ0n) is 6.77. The van der Waals surface area contributed by atoms with Gasteiger partial charge in [0.1, 0.15) is 11.8 Å². The number of carbonyl (C=O) groups is 3. The maximum absolute atomic E-state index is 10.9. The maximum Gasteiger partial charge on any atom is 0.408 e. The topological polar surface area (TPSA) is 94.9 Å². The molecule has 1 atom stereocenters. The van der Waals surface area contributed by atoms with E-state index in [4.69, 9.17) is 10.2 Å². The highest BCUT2D eigenvalue weighted by atomic mass is 16.4. The molecule has 6 nitrogen and oxygen atoms in total. The fraction of sp³-hybridized carbons (Fsp3) is 0.571. The Morgan fingerprint density at radius 3 is 2.46 bits per heavy atom. The van der Waals surface area contributed by atoms with Crippen LogP contribution in [0.4, 0.5) is 4.79 Å². The third kappa shape index (κ3) is 1.95. The summed E-state index contributed by atoms with van der Waals surface area (Å²) in [6, 6.07) is -1.21. The molecule has 1 saturated heterocycles. The molecule has 6 heteroatoms. The largest absolute Gasteiger partial charge is 0.480 e. The molecule has 1 aliphatic heterocycles. The van der Waals surface area contributed by atoms with Crippen molar-refractivity contribution in [3.05, 3.63) is 0 Å². The zero-order chi connectivity index (χ0) is 10.0. The average Bonchev–Trinajstić information content (AvgIpc) is 2.03. The number of hydrogen-bond acceptors (Lipinski definition) is 3. The van der Waals surface area contributed by atoms with Gasteiger partial charge in [0, 0.05) is 19.4 Å². The summed E-state index contributed by atoms with van der Waals surface area (Å²) in [5, 5.41) is 17.2. The molecule has 0 radical (unpaired) electrons. The highest BCUT2D eigenvalue weighted by Gasteiger charge is 2.35. The lowest BCUT2D eigenvalue weighted by Gasteiger charge is -2.29. The quantitative estimate of drug-likeness (QED) is 0.591. The Morgan fingerprint density at radius 2 is 2.00 bits per heavy atom. The standard InChI is InChI=1S/C7H9NO5/c9-4-1-2-8(7(12)13)5(3-4)6(10)11/h5H,1-3H2,(H,10,11)(H,12,13). The molecular weight excluding hydrogens is 178 g/mol. The number of aliphatic carboxylic acids is 1. The SMILES string of the molecule is O=C1CCN(C(=O)O)C(C(=O)O)C1. The van der Waals surface area contributed by atoms with Gasteiger partial charge in [-0.15, -0.1) is 0 Å². The second-order valence-corrected chi connectivity index (χ2v) is 2.82. The van der Waals surface area contributed by atoms with Crippen LogP contribution < -0.4 is 0 Å². The van der Waals surface area contributed by atoms with Crippen LogP contribution in [0.25, 0.3) is 0 Å². The number of piperidine rings is 1. The molecule has 72 valence electrons. The van der Waals surface area contributed by atoms with Crippen LogP contribution in [0.2, 0.25) is 0 Å². The van der Waals surface area contributed by atoms with E-state index in [1.54, 1.807) is 0 Å². The molecule has 0 aromatic rings. The van der Waals surface area contributed by atoms with Gasteiger partial charge in [0.2, 0.25) is 0 Å². The summed E-state index contributed by atoms with van der Waals surface area (Å²) in [7, 11) is 0. The minimum Gasteiger partial charge on any atom is -0.480 e. The fourth-order valence-electron chi connectivity index (χ4n) is 1.28. The molecule has 0 aliphatic carbocycles. The summed E-state index contributed by atoms with van der Waals surface area (Å²) in [6.45, 7) is -0.0227. The van der Waals surface area contributed by atoms with Crippen molar-refractivity contribution in [2.45, 2.75) is 18.9 Å². The summed E-state index contributed by atoms with van der Waals surface area (Å²) in [4.78, 5) is 32.7. The summed E-state index contributed by atoms with van der Waals surface area (Å²) in [5.74, 6) is -1.47. The lowest BCUT2D eigenvalue weighted by atomic mass is 10.0. The third-order valence-corrected chi connectivity index (χ3v) is 1.96. The number of carboxylic acid groups (broad SMARTS) is 2. The lowest BCUT2D eigenvalue weighted by Crippen LogP contribution is -2.49. The number of likely N-dealkylation sites (tertiary alicyclic amines) is 1. The van der Waals surface area contributed by atoms with E-state index in [9.17, 15) is 14.4 Å². The summed E-state index contributed by atoms with van der Waals surface area (Å²) in [5.41, 5.74) is 0. The van der Waals surface area contributed by atoms with Gasteiger partial charge in [0.15, 0.2) is 0 Å². The van der Waals surface area contributed by atoms with Gasteiger partial charge in [0.05, 0.1) is 0 Å². The van der Waals surface area contributed by atoms with Gasteiger partial charge in [-0.3, -0.25) is 9.69 Å². The van der Waals surface area contributed by atoms with Gasteiger partial charge in [-0.2, -0.15) is 0 Å². The summed E-state index contributed by atoms with van der Waals surface area (Å²) in [6.07, 6.45) is -1.41. The van der Waals surface area contributed by atoms with Gasteiger partial charge in [-0.1, -0.05) is 0 Å². The predicted octanol–water partition coefficient (Wildman–Crippen LogP) is -0.218. The first-order valence-electron chi connectivity index (χ1n) is 3.76. The second-order valence-electron chi connectivity index (χ2n) is 2.82. The minimum atomic E-state index is -1.29. The normalized spacial score (nSPS) is 22.9. The molecule has 0 aromatic heterocycles. The number of ketones is 1. The lowest BCUT2D eigenvalue weighted by molar-refractivity contribution is -0.146. The Hall–Kier alpha value is -1.59. The Morgan fingerprint density at radius 1 is 1.38 bits per heavy atom. The van der Waals surface area contributed by atoms with Gasteiger partial charge >= 0.3 is 12.1 Å². The van der Waals surface area contributed by atoms with E-state index in [1.165, 1.54) is 0 Å². The number of hydrogen-bond donors (Lipinski definition) is 2. The van der Waals surface area contributed by atoms with Crippen LogP contribution in [-0.4, -0.2) is 45.5 Å². The van der Waals surface area contributed by atoms with E-state index in [0.29, 0.717) is 0 Å². The molecule has 1 amide bonds. The molecule has 0 spiro atoms. The molecule has 1 rings (SSSR count). The monoisotopic (exact) mass is 187 g/mol. The Kier molecular flexibility index (Phi) is 2.50. The van der Waals surface area contributed by atoms with Crippen molar-refractivity contribution in [1.29, 1.82) is 0 Å². The number of carboxylic acids is 1. The number of carbonyl (C=O) groups excluding carboxylic acids is 1. The van der Waals surface area contributed by atoms with Crippen molar-refractivity contribution < 1.29 is 24.6 Å². The van der Waals surface area contributed by atoms with E-state index in [0.717, 1.165) is 4.90 Å². The van der Waals surface area contributed by atoms with Crippen molar-refractivity contribution in [3.63, 3.8) is 0 Å². The van der Waals surface area contributed by atoms with Crippen molar-refractivity contribution >= 4 is 17.8 Å². The number of rotatable bonds is 1. The van der Waals surface area contributed by atoms with E-state index in [-0.39, 0.29) is 25.2 Å². The van der Waals surface area contributed by atoms with Crippen LogP contribution in [0, 0.1) is 0 Å². The van der Waals surface area contributed by atoms with Crippen LogP contribution in [0.15, 0.2) is 0 Å². The summed E-state index contributed by atoms with van der Waals surface area (Å²) < 4.78 is 0. The van der Waals surface area contributed by atoms with E-state index in [2.05, 4.69) is 0 Å².